The van der Waals surface area contributed by atoms with E-state index in [4.69, 9.17) is 10.5 Å². The Balaban J connectivity index is 2.03. The number of hydrogen-bond acceptors (Lipinski definition) is 5. The van der Waals surface area contributed by atoms with Gasteiger partial charge in [-0.1, -0.05) is 6.08 Å². The normalized spacial score (nSPS) is 26.9. The van der Waals surface area contributed by atoms with Crippen LogP contribution in [-0.4, -0.2) is 25.6 Å². The lowest BCUT2D eigenvalue weighted by molar-refractivity contribution is -0.00226. The molecule has 0 amide bonds. The maximum Gasteiger partial charge on any atom is 0.167 e. The lowest BCUT2D eigenvalue weighted by atomic mass is 10.00. The molecule has 3 unspecified atom stereocenters. The number of fused-ring (bicyclic) bond motifs is 1. The van der Waals surface area contributed by atoms with Crippen molar-refractivity contribution in [2.45, 2.75) is 32.1 Å². The predicted octanol–water partition coefficient (Wildman–Crippen LogP) is 1.91. The van der Waals surface area contributed by atoms with Crippen LogP contribution in [0.3, 0.4) is 0 Å². The van der Waals surface area contributed by atoms with Crippen LogP contribution in [0.1, 0.15) is 26.0 Å². The van der Waals surface area contributed by atoms with Crippen LogP contribution in [0.4, 0.5) is 5.82 Å². The molecule has 3 heterocycles. The fraction of sp³-hybridized carbons (Fsp3) is 0.462. The minimum Gasteiger partial charge on any atom is -0.382 e. The summed E-state index contributed by atoms with van der Waals surface area (Å²) in [5.74, 6) is 0.788. The third-order valence-electron chi connectivity index (χ3n) is 3.54. The molecular weight excluding hydrogens is 242 g/mol. The number of imidazole rings is 1. The van der Waals surface area contributed by atoms with Gasteiger partial charge in [0, 0.05) is 5.92 Å². The molecule has 0 aliphatic carbocycles. The van der Waals surface area contributed by atoms with E-state index in [9.17, 15) is 0 Å². The van der Waals surface area contributed by atoms with Crippen molar-refractivity contribution >= 4 is 17.0 Å². The summed E-state index contributed by atoms with van der Waals surface area (Å²) in [5, 5.41) is 0. The van der Waals surface area contributed by atoms with Crippen LogP contribution in [0, 0.1) is 5.92 Å². The SMILES string of the molecule is C=CCC1CC(C)OC1n1cnc2c(N)ncnc21. The Labute approximate surface area is 111 Å². The first kappa shape index (κ1) is 12.1. The van der Waals surface area contributed by atoms with E-state index in [0.29, 0.717) is 17.3 Å². The Morgan fingerprint density at radius 3 is 3.16 bits per heavy atom. The number of anilines is 1. The molecule has 0 spiro atoms. The summed E-state index contributed by atoms with van der Waals surface area (Å²) >= 11 is 0. The zero-order valence-electron chi connectivity index (χ0n) is 10.9. The van der Waals surface area contributed by atoms with Crippen LogP contribution in [0.25, 0.3) is 11.2 Å². The number of allylic oxidation sites excluding steroid dienone is 1. The molecular formula is C13H17N5O. The van der Waals surface area contributed by atoms with Gasteiger partial charge in [0.15, 0.2) is 11.5 Å². The second-order valence-electron chi connectivity index (χ2n) is 4.94. The highest BCUT2D eigenvalue weighted by Gasteiger charge is 2.34. The molecule has 1 aliphatic heterocycles. The van der Waals surface area contributed by atoms with Crippen molar-refractivity contribution in [1.29, 1.82) is 0 Å². The van der Waals surface area contributed by atoms with E-state index in [0.717, 1.165) is 18.5 Å². The van der Waals surface area contributed by atoms with Crippen LogP contribution in [-0.2, 0) is 4.74 Å². The Bertz CT molecular complexity index is 608. The molecule has 0 saturated carbocycles. The first-order chi connectivity index (χ1) is 9.20. The van der Waals surface area contributed by atoms with E-state index in [1.54, 1.807) is 6.33 Å². The molecule has 3 atom stereocenters. The van der Waals surface area contributed by atoms with E-state index in [1.165, 1.54) is 6.33 Å². The van der Waals surface area contributed by atoms with E-state index in [-0.39, 0.29) is 12.3 Å². The molecule has 1 aliphatic rings. The summed E-state index contributed by atoms with van der Waals surface area (Å²) in [6.07, 6.45) is 7.21. The van der Waals surface area contributed by atoms with Crippen LogP contribution in [0.2, 0.25) is 0 Å². The van der Waals surface area contributed by atoms with Crippen molar-refractivity contribution < 1.29 is 4.74 Å². The Morgan fingerprint density at radius 2 is 2.37 bits per heavy atom. The van der Waals surface area contributed by atoms with Gasteiger partial charge < -0.3 is 10.5 Å². The van der Waals surface area contributed by atoms with E-state index in [1.807, 2.05) is 10.6 Å². The van der Waals surface area contributed by atoms with Gasteiger partial charge >= 0.3 is 0 Å². The standard InChI is InChI=1S/C13H17N5O/c1-3-4-9-5-8(2)19-13(9)18-7-17-10-11(14)15-6-16-12(10)18/h3,6-9,13H,1,4-5H2,2H3,(H2,14,15,16). The van der Waals surface area contributed by atoms with Crippen molar-refractivity contribution in [3.63, 3.8) is 0 Å². The van der Waals surface area contributed by atoms with Gasteiger partial charge in [-0.2, -0.15) is 0 Å². The molecule has 2 aromatic heterocycles. The molecule has 3 rings (SSSR count). The highest BCUT2D eigenvalue weighted by Crippen LogP contribution is 2.38. The summed E-state index contributed by atoms with van der Waals surface area (Å²) in [5.41, 5.74) is 7.16. The van der Waals surface area contributed by atoms with Gasteiger partial charge in [-0.05, 0) is 19.8 Å². The molecule has 2 N–H and O–H groups in total. The number of hydrogen-bond donors (Lipinski definition) is 1. The number of nitrogens with zero attached hydrogens (tertiary/aromatic N) is 4. The molecule has 100 valence electrons. The predicted molar refractivity (Wildman–Crippen MR) is 72.2 cm³/mol. The lowest BCUT2D eigenvalue weighted by Gasteiger charge is -2.19. The number of aromatic nitrogens is 4. The molecule has 1 saturated heterocycles. The molecule has 0 bridgehead atoms. The van der Waals surface area contributed by atoms with Crippen LogP contribution < -0.4 is 5.73 Å². The second kappa shape index (κ2) is 4.62. The quantitative estimate of drug-likeness (QED) is 0.852. The van der Waals surface area contributed by atoms with Crippen molar-refractivity contribution in [3.8, 4) is 0 Å². The Morgan fingerprint density at radius 1 is 1.53 bits per heavy atom. The van der Waals surface area contributed by atoms with Crippen LogP contribution in [0.5, 0.6) is 0 Å². The summed E-state index contributed by atoms with van der Waals surface area (Å²) in [4.78, 5) is 12.5. The highest BCUT2D eigenvalue weighted by atomic mass is 16.5. The van der Waals surface area contributed by atoms with Gasteiger partial charge in [0.05, 0.1) is 12.4 Å². The van der Waals surface area contributed by atoms with Gasteiger partial charge in [0.25, 0.3) is 0 Å². The van der Waals surface area contributed by atoms with E-state index in [2.05, 4.69) is 28.5 Å². The van der Waals surface area contributed by atoms with Crippen LogP contribution >= 0.6 is 0 Å². The minimum absolute atomic E-state index is 0.0627. The van der Waals surface area contributed by atoms with Crippen LogP contribution in [0.15, 0.2) is 25.3 Å². The number of nitrogen functional groups attached to an aromatic ring is 1. The van der Waals surface area contributed by atoms with Gasteiger partial charge in [-0.25, -0.2) is 15.0 Å². The maximum atomic E-state index is 5.99. The zero-order valence-corrected chi connectivity index (χ0v) is 10.9. The smallest absolute Gasteiger partial charge is 0.167 e. The highest BCUT2D eigenvalue weighted by molar-refractivity contribution is 5.81. The van der Waals surface area contributed by atoms with Crippen molar-refractivity contribution in [1.82, 2.24) is 19.5 Å². The summed E-state index contributed by atoms with van der Waals surface area (Å²) in [6, 6.07) is 0. The molecule has 1 fully saturated rings. The maximum absolute atomic E-state index is 5.99. The summed E-state index contributed by atoms with van der Waals surface area (Å²) in [6.45, 7) is 5.90. The fourth-order valence-electron chi connectivity index (χ4n) is 2.72. The van der Waals surface area contributed by atoms with Gasteiger partial charge in [-0.3, -0.25) is 4.57 Å². The molecule has 0 radical (unpaired) electrons. The first-order valence-electron chi connectivity index (χ1n) is 6.40. The van der Waals surface area contributed by atoms with Crippen molar-refractivity contribution in [2.75, 3.05) is 5.73 Å². The average molecular weight is 259 g/mol. The molecule has 6 nitrogen and oxygen atoms in total. The minimum atomic E-state index is -0.0627. The molecule has 2 aromatic rings. The van der Waals surface area contributed by atoms with Gasteiger partial charge in [0.2, 0.25) is 0 Å². The van der Waals surface area contributed by atoms with Gasteiger partial charge in [-0.15, -0.1) is 6.58 Å². The number of ether oxygens (including phenoxy) is 1. The largest absolute Gasteiger partial charge is 0.382 e. The third-order valence-corrected chi connectivity index (χ3v) is 3.54. The van der Waals surface area contributed by atoms with E-state index < -0.39 is 0 Å². The number of rotatable bonds is 3. The molecule has 19 heavy (non-hydrogen) atoms. The van der Waals surface area contributed by atoms with Gasteiger partial charge in [0.1, 0.15) is 18.1 Å². The monoisotopic (exact) mass is 259 g/mol. The topological polar surface area (TPSA) is 78.9 Å². The third kappa shape index (κ3) is 1.98. The van der Waals surface area contributed by atoms with Crippen molar-refractivity contribution in [2.24, 2.45) is 5.92 Å². The Hall–Kier alpha value is -1.95. The summed E-state index contributed by atoms with van der Waals surface area (Å²) < 4.78 is 7.94. The molecule has 6 heteroatoms. The Kier molecular flexibility index (Phi) is 2.94. The fourth-order valence-corrected chi connectivity index (χ4v) is 2.72. The zero-order chi connectivity index (χ0) is 13.4. The van der Waals surface area contributed by atoms with Crippen molar-refractivity contribution in [3.05, 3.63) is 25.3 Å². The van der Waals surface area contributed by atoms with E-state index >= 15 is 0 Å². The molecule has 0 aromatic carbocycles. The lowest BCUT2D eigenvalue weighted by Crippen LogP contribution is -2.15. The number of nitrogens with two attached hydrogens (primary N) is 1. The summed E-state index contributed by atoms with van der Waals surface area (Å²) in [7, 11) is 0. The first-order valence-corrected chi connectivity index (χ1v) is 6.40. The average Bonchev–Trinajstić information content (AvgIpc) is 2.94. The second-order valence-corrected chi connectivity index (χ2v) is 4.94.